The number of rotatable bonds is 4. The van der Waals surface area contributed by atoms with E-state index in [2.05, 4.69) is 22.4 Å². The van der Waals surface area contributed by atoms with Gasteiger partial charge in [-0.15, -0.1) is 0 Å². The molecule has 0 fully saturated rings. The highest BCUT2D eigenvalue weighted by Crippen LogP contribution is 2.29. The zero-order chi connectivity index (χ0) is 22.1. The molecule has 0 aliphatic rings. The van der Waals surface area contributed by atoms with Crippen molar-refractivity contribution in [2.24, 2.45) is 0 Å². The highest BCUT2D eigenvalue weighted by atomic mass is 16.3. The topological polar surface area (TPSA) is 55.1 Å². The fraction of sp³-hybridized carbons (Fsp3) is 0.0714. The quantitative estimate of drug-likeness (QED) is 0.341. The zero-order valence-corrected chi connectivity index (χ0v) is 17.9. The molecule has 0 saturated heterocycles. The third-order valence-corrected chi connectivity index (χ3v) is 5.53. The number of anilines is 1. The average Bonchev–Trinajstić information content (AvgIpc) is 3.24. The summed E-state index contributed by atoms with van der Waals surface area (Å²) in [5.41, 5.74) is 8.02. The standard InChI is InChI=1S/C28H22N2O2/c1-18-8-15-26-25(16-18)30-28(32-26)23-10-9-19(2)24(17-23)29-27(31)22-13-11-21(12-14-22)20-6-4-3-5-7-20/h3-17H,1-2H3,(H,29,31). The predicted octanol–water partition coefficient (Wildman–Crippen LogP) is 7.03. The largest absolute Gasteiger partial charge is 0.436 e. The van der Waals surface area contributed by atoms with Crippen LogP contribution in [-0.2, 0) is 0 Å². The van der Waals surface area contributed by atoms with Crippen LogP contribution in [0.1, 0.15) is 21.5 Å². The minimum absolute atomic E-state index is 0.155. The molecule has 1 aromatic heterocycles. The molecule has 32 heavy (non-hydrogen) atoms. The van der Waals surface area contributed by atoms with Gasteiger partial charge in [-0.2, -0.15) is 0 Å². The highest BCUT2D eigenvalue weighted by Gasteiger charge is 2.13. The number of oxazole rings is 1. The molecule has 0 radical (unpaired) electrons. The molecule has 0 aliphatic carbocycles. The Hall–Kier alpha value is -4.18. The number of hydrogen-bond acceptors (Lipinski definition) is 3. The lowest BCUT2D eigenvalue weighted by Crippen LogP contribution is -2.12. The lowest BCUT2D eigenvalue weighted by atomic mass is 10.0. The molecular formula is C28H22N2O2. The molecule has 0 unspecified atom stereocenters. The Morgan fingerprint density at radius 1 is 0.781 bits per heavy atom. The second-order valence-electron chi connectivity index (χ2n) is 7.92. The van der Waals surface area contributed by atoms with Crippen LogP contribution in [0.2, 0.25) is 0 Å². The second-order valence-corrected chi connectivity index (χ2v) is 7.92. The van der Waals surface area contributed by atoms with E-state index in [4.69, 9.17) is 4.42 Å². The molecule has 156 valence electrons. The smallest absolute Gasteiger partial charge is 0.255 e. The predicted molar refractivity (Wildman–Crippen MR) is 129 cm³/mol. The number of hydrogen-bond donors (Lipinski definition) is 1. The van der Waals surface area contributed by atoms with Gasteiger partial charge in [-0.05, 0) is 72.5 Å². The SMILES string of the molecule is Cc1ccc2oc(-c3ccc(C)c(NC(=O)c4ccc(-c5ccccc5)cc4)c3)nc2c1. The zero-order valence-electron chi connectivity index (χ0n) is 17.9. The van der Waals surface area contributed by atoms with Crippen molar-refractivity contribution < 1.29 is 9.21 Å². The molecule has 4 heteroatoms. The van der Waals surface area contributed by atoms with Crippen LogP contribution in [0.4, 0.5) is 5.69 Å². The summed E-state index contributed by atoms with van der Waals surface area (Å²) in [4.78, 5) is 17.5. The molecule has 5 rings (SSSR count). The fourth-order valence-electron chi connectivity index (χ4n) is 3.69. The molecule has 1 N–H and O–H groups in total. The number of aromatic nitrogens is 1. The summed E-state index contributed by atoms with van der Waals surface area (Å²) < 4.78 is 5.92. The van der Waals surface area contributed by atoms with Gasteiger partial charge in [0.2, 0.25) is 5.89 Å². The molecule has 0 atom stereocenters. The van der Waals surface area contributed by atoms with Crippen molar-refractivity contribution >= 4 is 22.7 Å². The van der Waals surface area contributed by atoms with Crippen molar-refractivity contribution in [3.63, 3.8) is 0 Å². The third-order valence-electron chi connectivity index (χ3n) is 5.53. The van der Waals surface area contributed by atoms with E-state index in [0.29, 0.717) is 11.5 Å². The Bertz CT molecular complexity index is 1420. The maximum atomic E-state index is 12.9. The van der Waals surface area contributed by atoms with Crippen LogP contribution in [0.5, 0.6) is 0 Å². The van der Waals surface area contributed by atoms with Crippen LogP contribution in [-0.4, -0.2) is 10.9 Å². The van der Waals surface area contributed by atoms with E-state index >= 15 is 0 Å². The lowest BCUT2D eigenvalue weighted by molar-refractivity contribution is 0.102. The molecule has 4 nitrogen and oxygen atoms in total. The number of benzene rings is 4. The molecular weight excluding hydrogens is 396 g/mol. The first kappa shape index (κ1) is 19.8. The summed E-state index contributed by atoms with van der Waals surface area (Å²) in [6.45, 7) is 3.99. The summed E-state index contributed by atoms with van der Waals surface area (Å²) in [7, 11) is 0. The van der Waals surface area contributed by atoms with Crippen molar-refractivity contribution in [3.05, 3.63) is 108 Å². The maximum Gasteiger partial charge on any atom is 0.255 e. The Morgan fingerprint density at radius 2 is 1.50 bits per heavy atom. The van der Waals surface area contributed by atoms with Gasteiger partial charge < -0.3 is 9.73 Å². The van der Waals surface area contributed by atoms with Gasteiger partial charge in [0.15, 0.2) is 5.58 Å². The van der Waals surface area contributed by atoms with Crippen molar-refractivity contribution in [1.82, 2.24) is 4.98 Å². The number of nitrogens with one attached hydrogen (secondary N) is 1. The van der Waals surface area contributed by atoms with Crippen LogP contribution < -0.4 is 5.32 Å². The molecule has 4 aromatic carbocycles. The van der Waals surface area contributed by atoms with Crippen molar-refractivity contribution in [3.8, 4) is 22.6 Å². The van der Waals surface area contributed by atoms with E-state index < -0.39 is 0 Å². The minimum atomic E-state index is -0.155. The van der Waals surface area contributed by atoms with Crippen LogP contribution >= 0.6 is 0 Å². The van der Waals surface area contributed by atoms with Gasteiger partial charge in [-0.1, -0.05) is 54.6 Å². The van der Waals surface area contributed by atoms with Gasteiger partial charge in [0.05, 0.1) is 0 Å². The molecule has 5 aromatic rings. The number of aryl methyl sites for hydroxylation is 2. The number of nitrogens with zero attached hydrogens (tertiary/aromatic N) is 1. The highest BCUT2D eigenvalue weighted by molar-refractivity contribution is 6.05. The first-order valence-corrected chi connectivity index (χ1v) is 10.5. The number of carbonyl (C=O) groups excluding carboxylic acids is 1. The van der Waals surface area contributed by atoms with E-state index in [0.717, 1.165) is 44.6 Å². The second kappa shape index (κ2) is 8.16. The Balaban J connectivity index is 1.39. The molecule has 0 saturated carbocycles. The number of amides is 1. The van der Waals surface area contributed by atoms with Gasteiger partial charge in [-0.3, -0.25) is 4.79 Å². The molecule has 1 amide bonds. The van der Waals surface area contributed by atoms with Gasteiger partial charge in [0.25, 0.3) is 5.91 Å². The Morgan fingerprint density at radius 3 is 2.28 bits per heavy atom. The first-order valence-electron chi connectivity index (χ1n) is 10.5. The molecule has 1 heterocycles. The Kier molecular flexibility index (Phi) is 5.04. The van der Waals surface area contributed by atoms with Crippen LogP contribution in [0.15, 0.2) is 95.4 Å². The van der Waals surface area contributed by atoms with E-state index in [1.807, 2.05) is 92.7 Å². The Labute approximate surface area is 186 Å². The van der Waals surface area contributed by atoms with Crippen molar-refractivity contribution in [2.75, 3.05) is 5.32 Å². The van der Waals surface area contributed by atoms with E-state index in [1.165, 1.54) is 0 Å². The fourth-order valence-corrected chi connectivity index (χ4v) is 3.69. The normalized spacial score (nSPS) is 10.9. The molecule has 0 bridgehead atoms. The summed E-state index contributed by atoms with van der Waals surface area (Å²) in [6.07, 6.45) is 0. The molecule has 0 aliphatic heterocycles. The summed E-state index contributed by atoms with van der Waals surface area (Å²) in [5, 5.41) is 3.03. The summed E-state index contributed by atoms with van der Waals surface area (Å²) in [6, 6.07) is 29.5. The summed E-state index contributed by atoms with van der Waals surface area (Å²) in [5.74, 6) is 0.381. The minimum Gasteiger partial charge on any atom is -0.436 e. The van der Waals surface area contributed by atoms with Crippen molar-refractivity contribution in [1.29, 1.82) is 0 Å². The lowest BCUT2D eigenvalue weighted by Gasteiger charge is -2.10. The first-order chi connectivity index (χ1) is 15.6. The number of carbonyl (C=O) groups is 1. The van der Waals surface area contributed by atoms with Crippen LogP contribution in [0.3, 0.4) is 0 Å². The van der Waals surface area contributed by atoms with E-state index in [-0.39, 0.29) is 5.91 Å². The molecule has 0 spiro atoms. The van der Waals surface area contributed by atoms with Gasteiger partial charge in [-0.25, -0.2) is 4.98 Å². The van der Waals surface area contributed by atoms with E-state index in [1.54, 1.807) is 0 Å². The van der Waals surface area contributed by atoms with Crippen molar-refractivity contribution in [2.45, 2.75) is 13.8 Å². The average molecular weight is 418 g/mol. The number of fused-ring (bicyclic) bond motifs is 1. The monoisotopic (exact) mass is 418 g/mol. The van der Waals surface area contributed by atoms with Gasteiger partial charge in [0, 0.05) is 16.8 Å². The van der Waals surface area contributed by atoms with E-state index in [9.17, 15) is 4.79 Å². The van der Waals surface area contributed by atoms with Crippen LogP contribution in [0, 0.1) is 13.8 Å². The van der Waals surface area contributed by atoms with Gasteiger partial charge in [0.1, 0.15) is 5.52 Å². The third kappa shape index (κ3) is 3.91. The van der Waals surface area contributed by atoms with Crippen LogP contribution in [0.25, 0.3) is 33.7 Å². The maximum absolute atomic E-state index is 12.9. The summed E-state index contributed by atoms with van der Waals surface area (Å²) >= 11 is 0. The van der Waals surface area contributed by atoms with Gasteiger partial charge >= 0.3 is 0 Å².